The molecule has 0 bridgehead atoms. The van der Waals surface area contributed by atoms with Crippen LogP contribution in [-0.2, 0) is 0 Å². The first-order valence-electron chi connectivity index (χ1n) is 7.43. The molecule has 5 nitrogen and oxygen atoms in total. The van der Waals surface area contributed by atoms with Crippen molar-refractivity contribution in [2.75, 3.05) is 13.6 Å². The predicted molar refractivity (Wildman–Crippen MR) is 92.4 cm³/mol. The number of carbonyl (C=O) groups is 1. The summed E-state index contributed by atoms with van der Waals surface area (Å²) in [5, 5.41) is 9.38. The number of aromatic nitrogens is 1. The molecule has 3 rings (SSSR count). The molecule has 120 valence electrons. The standard InChI is InChI=1S/C18H15N3O2S/c1-21(11-6-10-19)18(22)16-15(13-7-3-2-4-8-13)20-17(24-16)14-9-5-12-23-14/h2-5,7-9,12H,6,11H2,1H3. The largest absolute Gasteiger partial charge is 0.462 e. The SMILES string of the molecule is CN(CCC#N)C(=O)c1sc(-c2ccco2)nc1-c1ccccc1. The van der Waals surface area contributed by atoms with Gasteiger partial charge in [-0.25, -0.2) is 4.98 Å². The highest BCUT2D eigenvalue weighted by molar-refractivity contribution is 7.17. The van der Waals surface area contributed by atoms with Crippen LogP contribution in [-0.4, -0.2) is 29.4 Å². The predicted octanol–water partition coefficient (Wildman–Crippen LogP) is 4.06. The van der Waals surface area contributed by atoms with Gasteiger partial charge in [0.2, 0.25) is 0 Å². The average Bonchev–Trinajstić information content (AvgIpc) is 3.28. The van der Waals surface area contributed by atoms with E-state index in [0.717, 1.165) is 5.56 Å². The second-order valence-corrected chi connectivity index (χ2v) is 6.17. The lowest BCUT2D eigenvalue weighted by atomic mass is 10.1. The van der Waals surface area contributed by atoms with E-state index in [1.807, 2.05) is 36.4 Å². The Balaban J connectivity index is 2.03. The number of hydrogen-bond acceptors (Lipinski definition) is 5. The molecule has 1 amide bonds. The highest BCUT2D eigenvalue weighted by atomic mass is 32.1. The molecular formula is C18H15N3O2S. The summed E-state index contributed by atoms with van der Waals surface area (Å²) in [7, 11) is 1.70. The van der Waals surface area contributed by atoms with Gasteiger partial charge in [-0.1, -0.05) is 30.3 Å². The molecule has 0 aliphatic carbocycles. The van der Waals surface area contributed by atoms with Gasteiger partial charge in [0, 0.05) is 19.2 Å². The van der Waals surface area contributed by atoms with Crippen LogP contribution in [0.5, 0.6) is 0 Å². The van der Waals surface area contributed by atoms with Crippen molar-refractivity contribution < 1.29 is 9.21 Å². The number of rotatable bonds is 5. The van der Waals surface area contributed by atoms with Crippen molar-refractivity contribution in [1.29, 1.82) is 5.26 Å². The van der Waals surface area contributed by atoms with Gasteiger partial charge in [0.1, 0.15) is 4.88 Å². The molecule has 24 heavy (non-hydrogen) atoms. The first kappa shape index (κ1) is 16.0. The van der Waals surface area contributed by atoms with E-state index in [1.54, 1.807) is 24.3 Å². The first-order chi connectivity index (χ1) is 11.7. The third-order valence-corrected chi connectivity index (χ3v) is 4.56. The fourth-order valence-corrected chi connectivity index (χ4v) is 3.31. The lowest BCUT2D eigenvalue weighted by Crippen LogP contribution is -2.27. The minimum atomic E-state index is -0.139. The molecule has 0 aliphatic heterocycles. The van der Waals surface area contributed by atoms with Crippen molar-refractivity contribution in [3.8, 4) is 28.1 Å². The molecule has 0 saturated heterocycles. The van der Waals surface area contributed by atoms with Gasteiger partial charge in [-0.05, 0) is 12.1 Å². The Morgan fingerprint density at radius 3 is 2.75 bits per heavy atom. The Bertz CT molecular complexity index is 864. The third kappa shape index (κ3) is 3.21. The Hall–Kier alpha value is -2.91. The van der Waals surface area contributed by atoms with Crippen LogP contribution < -0.4 is 0 Å². The highest BCUT2D eigenvalue weighted by Crippen LogP contribution is 2.34. The summed E-state index contributed by atoms with van der Waals surface area (Å²) >= 11 is 1.30. The Morgan fingerprint density at radius 1 is 1.29 bits per heavy atom. The van der Waals surface area contributed by atoms with Gasteiger partial charge in [-0.3, -0.25) is 4.79 Å². The molecule has 0 aliphatic rings. The van der Waals surface area contributed by atoms with Crippen molar-refractivity contribution in [2.45, 2.75) is 6.42 Å². The van der Waals surface area contributed by atoms with Crippen LogP contribution >= 0.6 is 11.3 Å². The highest BCUT2D eigenvalue weighted by Gasteiger charge is 2.23. The summed E-state index contributed by atoms with van der Waals surface area (Å²) in [6.07, 6.45) is 1.88. The molecule has 2 aromatic heterocycles. The van der Waals surface area contributed by atoms with Gasteiger partial charge in [-0.2, -0.15) is 5.26 Å². The fourth-order valence-electron chi connectivity index (χ4n) is 2.26. The van der Waals surface area contributed by atoms with E-state index in [-0.39, 0.29) is 5.91 Å². The summed E-state index contributed by atoms with van der Waals surface area (Å²) in [5.41, 5.74) is 1.52. The average molecular weight is 337 g/mol. The van der Waals surface area contributed by atoms with Gasteiger partial charge in [0.05, 0.1) is 24.4 Å². The van der Waals surface area contributed by atoms with Crippen LogP contribution in [0.25, 0.3) is 22.0 Å². The van der Waals surface area contributed by atoms with E-state index >= 15 is 0 Å². The number of thiazole rings is 1. The zero-order valence-corrected chi connectivity index (χ0v) is 13.9. The molecule has 2 heterocycles. The molecule has 0 unspecified atom stereocenters. The molecule has 0 spiro atoms. The van der Waals surface area contributed by atoms with Crippen LogP contribution in [0.2, 0.25) is 0 Å². The molecule has 1 aromatic carbocycles. The van der Waals surface area contributed by atoms with Gasteiger partial charge in [0.15, 0.2) is 10.8 Å². The molecule has 0 radical (unpaired) electrons. The number of hydrogen-bond donors (Lipinski definition) is 0. The van der Waals surface area contributed by atoms with Crippen LogP contribution in [0, 0.1) is 11.3 Å². The summed E-state index contributed by atoms with van der Waals surface area (Å²) < 4.78 is 5.41. The summed E-state index contributed by atoms with van der Waals surface area (Å²) in [4.78, 5) is 19.5. The molecule has 0 N–H and O–H groups in total. The normalized spacial score (nSPS) is 10.3. The van der Waals surface area contributed by atoms with E-state index in [9.17, 15) is 4.79 Å². The minimum absolute atomic E-state index is 0.139. The lowest BCUT2D eigenvalue weighted by Gasteiger charge is -2.14. The smallest absolute Gasteiger partial charge is 0.266 e. The van der Waals surface area contributed by atoms with Crippen molar-refractivity contribution >= 4 is 17.2 Å². The van der Waals surface area contributed by atoms with E-state index in [1.165, 1.54) is 11.3 Å². The van der Waals surface area contributed by atoms with Crippen molar-refractivity contribution in [2.24, 2.45) is 0 Å². The Morgan fingerprint density at radius 2 is 2.08 bits per heavy atom. The Kier molecular flexibility index (Phi) is 4.73. The molecule has 0 saturated carbocycles. The quantitative estimate of drug-likeness (QED) is 0.704. The molecule has 0 atom stereocenters. The monoisotopic (exact) mass is 337 g/mol. The lowest BCUT2D eigenvalue weighted by molar-refractivity contribution is 0.0803. The number of benzene rings is 1. The minimum Gasteiger partial charge on any atom is -0.462 e. The number of carbonyl (C=O) groups excluding carboxylic acids is 1. The van der Waals surface area contributed by atoms with Crippen molar-refractivity contribution in [1.82, 2.24) is 9.88 Å². The fraction of sp³-hybridized carbons (Fsp3) is 0.167. The summed E-state index contributed by atoms with van der Waals surface area (Å²) in [6.45, 7) is 0.386. The maximum atomic E-state index is 12.8. The number of nitrogens with zero attached hydrogens (tertiary/aromatic N) is 3. The number of nitriles is 1. The van der Waals surface area contributed by atoms with E-state index in [0.29, 0.717) is 34.3 Å². The van der Waals surface area contributed by atoms with Crippen LogP contribution in [0.15, 0.2) is 53.1 Å². The van der Waals surface area contributed by atoms with Gasteiger partial charge in [-0.15, -0.1) is 11.3 Å². The zero-order chi connectivity index (χ0) is 16.9. The van der Waals surface area contributed by atoms with Crippen LogP contribution in [0.1, 0.15) is 16.1 Å². The molecule has 0 fully saturated rings. The molecule has 3 aromatic rings. The van der Waals surface area contributed by atoms with Gasteiger partial charge < -0.3 is 9.32 Å². The molecular weight excluding hydrogens is 322 g/mol. The summed E-state index contributed by atoms with van der Waals surface area (Å²) in [5.74, 6) is 0.496. The van der Waals surface area contributed by atoms with Crippen LogP contribution in [0.3, 0.4) is 0 Å². The number of amides is 1. The number of furan rings is 1. The third-order valence-electron chi connectivity index (χ3n) is 3.51. The van der Waals surface area contributed by atoms with E-state index in [2.05, 4.69) is 11.1 Å². The van der Waals surface area contributed by atoms with Crippen molar-refractivity contribution in [3.63, 3.8) is 0 Å². The topological polar surface area (TPSA) is 70.1 Å². The second kappa shape index (κ2) is 7.11. The second-order valence-electron chi connectivity index (χ2n) is 5.17. The van der Waals surface area contributed by atoms with Gasteiger partial charge >= 0.3 is 0 Å². The maximum absolute atomic E-state index is 12.8. The van der Waals surface area contributed by atoms with Crippen LogP contribution in [0.4, 0.5) is 0 Å². The van der Waals surface area contributed by atoms with E-state index < -0.39 is 0 Å². The first-order valence-corrected chi connectivity index (χ1v) is 8.25. The summed E-state index contributed by atoms with van der Waals surface area (Å²) in [6, 6.07) is 15.3. The maximum Gasteiger partial charge on any atom is 0.266 e. The Labute approximate surface area is 143 Å². The van der Waals surface area contributed by atoms with Gasteiger partial charge in [0.25, 0.3) is 5.91 Å². The van der Waals surface area contributed by atoms with Crippen molar-refractivity contribution in [3.05, 3.63) is 53.6 Å². The molecule has 6 heteroatoms. The zero-order valence-electron chi connectivity index (χ0n) is 13.1. The van der Waals surface area contributed by atoms with E-state index in [4.69, 9.17) is 9.68 Å².